The van der Waals surface area contributed by atoms with Crippen molar-refractivity contribution < 1.29 is 18.7 Å². The van der Waals surface area contributed by atoms with Gasteiger partial charge < -0.3 is 19.8 Å². The van der Waals surface area contributed by atoms with Crippen molar-refractivity contribution in [1.82, 2.24) is 5.32 Å². The Kier molecular flexibility index (Phi) is 6.01. The molecule has 7 heteroatoms. The van der Waals surface area contributed by atoms with Gasteiger partial charge in [-0.2, -0.15) is 0 Å². The van der Waals surface area contributed by atoms with Crippen LogP contribution in [0.15, 0.2) is 59.0 Å². The van der Waals surface area contributed by atoms with Gasteiger partial charge in [0, 0.05) is 16.3 Å². The number of ether oxygens (including phenoxy) is 1. The van der Waals surface area contributed by atoms with E-state index >= 15 is 0 Å². The molecule has 6 nitrogen and oxygen atoms in total. The molecule has 3 rings (SSSR count). The van der Waals surface area contributed by atoms with Crippen molar-refractivity contribution in [2.24, 2.45) is 0 Å². The molecule has 0 aliphatic heterocycles. The summed E-state index contributed by atoms with van der Waals surface area (Å²) in [4.78, 5) is 24.5. The number of anilines is 1. The van der Waals surface area contributed by atoms with Gasteiger partial charge in [-0.1, -0.05) is 17.7 Å². The lowest BCUT2D eigenvalue weighted by Gasteiger charge is -2.06. The number of halogens is 1. The van der Waals surface area contributed by atoms with Crippen LogP contribution in [0.4, 0.5) is 5.69 Å². The summed E-state index contributed by atoms with van der Waals surface area (Å²) in [6, 6.07) is 15.2. The van der Waals surface area contributed by atoms with Gasteiger partial charge in [-0.15, -0.1) is 0 Å². The lowest BCUT2D eigenvalue weighted by atomic mass is 10.2. The Bertz CT molecular complexity index is 996. The number of methoxy groups -OCH3 is 1. The molecule has 1 heterocycles. The highest BCUT2D eigenvalue weighted by molar-refractivity contribution is 6.31. The Morgan fingerprint density at radius 1 is 1.04 bits per heavy atom. The Labute approximate surface area is 167 Å². The van der Waals surface area contributed by atoms with E-state index in [1.165, 1.54) is 0 Å². The lowest BCUT2D eigenvalue weighted by molar-refractivity contribution is 0.0948. The average Bonchev–Trinajstić information content (AvgIpc) is 3.18. The summed E-state index contributed by atoms with van der Waals surface area (Å²) in [6.07, 6.45) is 0. The van der Waals surface area contributed by atoms with Crippen LogP contribution >= 0.6 is 11.6 Å². The molecule has 2 N–H and O–H groups in total. The van der Waals surface area contributed by atoms with Gasteiger partial charge in [-0.05, 0) is 61.0 Å². The summed E-state index contributed by atoms with van der Waals surface area (Å²) in [5, 5.41) is 6.04. The average molecular weight is 399 g/mol. The second-order valence-corrected chi connectivity index (χ2v) is 6.50. The van der Waals surface area contributed by atoms with Crippen LogP contribution in [-0.4, -0.2) is 18.9 Å². The number of hydrogen-bond acceptors (Lipinski definition) is 4. The number of benzene rings is 2. The molecule has 0 saturated carbocycles. The van der Waals surface area contributed by atoms with Crippen LogP contribution in [0.25, 0.3) is 0 Å². The minimum Gasteiger partial charge on any atom is -0.497 e. The van der Waals surface area contributed by atoms with Gasteiger partial charge in [0.25, 0.3) is 11.8 Å². The molecule has 3 aromatic rings. The number of furan rings is 1. The van der Waals surface area contributed by atoms with Crippen LogP contribution < -0.4 is 15.4 Å². The summed E-state index contributed by atoms with van der Waals surface area (Å²) in [7, 11) is 1.56. The van der Waals surface area contributed by atoms with Crippen molar-refractivity contribution in [3.63, 3.8) is 0 Å². The first-order valence-electron chi connectivity index (χ1n) is 8.55. The smallest absolute Gasteiger partial charge is 0.291 e. The van der Waals surface area contributed by atoms with E-state index in [9.17, 15) is 9.59 Å². The van der Waals surface area contributed by atoms with E-state index in [1.807, 2.05) is 13.0 Å². The monoisotopic (exact) mass is 398 g/mol. The standard InChI is InChI=1S/C21H19ClN2O4/c1-13-3-6-15(11-18(13)22)24-21(26)19-10-9-17(28-19)12-23-20(25)14-4-7-16(27-2)8-5-14/h3-11H,12H2,1-2H3,(H,23,25)(H,24,26). The van der Waals surface area contributed by atoms with E-state index in [0.717, 1.165) is 5.56 Å². The largest absolute Gasteiger partial charge is 0.497 e. The Hall–Kier alpha value is -3.25. The maximum atomic E-state index is 12.3. The molecule has 0 aliphatic rings. The van der Waals surface area contributed by atoms with Crippen LogP contribution in [-0.2, 0) is 6.54 Å². The van der Waals surface area contributed by atoms with E-state index in [4.69, 9.17) is 20.8 Å². The van der Waals surface area contributed by atoms with E-state index in [1.54, 1.807) is 55.6 Å². The second kappa shape index (κ2) is 8.63. The van der Waals surface area contributed by atoms with Crippen LogP contribution in [0.2, 0.25) is 5.02 Å². The molecule has 144 valence electrons. The molecule has 0 atom stereocenters. The Balaban J connectivity index is 1.57. The molecule has 0 bridgehead atoms. The summed E-state index contributed by atoms with van der Waals surface area (Å²) < 4.78 is 10.6. The third-order valence-corrected chi connectivity index (χ3v) is 4.50. The summed E-state index contributed by atoms with van der Waals surface area (Å²) in [5.41, 5.74) is 2.00. The Morgan fingerprint density at radius 3 is 2.46 bits per heavy atom. The van der Waals surface area contributed by atoms with Gasteiger partial charge in [0.1, 0.15) is 11.5 Å². The number of carbonyl (C=O) groups excluding carboxylic acids is 2. The van der Waals surface area contributed by atoms with Crippen molar-refractivity contribution in [1.29, 1.82) is 0 Å². The minimum absolute atomic E-state index is 0.144. The summed E-state index contributed by atoms with van der Waals surface area (Å²) >= 11 is 6.06. The number of amides is 2. The molecule has 0 saturated heterocycles. The molecule has 0 unspecified atom stereocenters. The van der Waals surface area contributed by atoms with E-state index < -0.39 is 5.91 Å². The molecule has 28 heavy (non-hydrogen) atoms. The molecule has 0 fully saturated rings. The molecule has 2 amide bonds. The highest BCUT2D eigenvalue weighted by Gasteiger charge is 2.13. The molecule has 0 aliphatic carbocycles. The third-order valence-electron chi connectivity index (χ3n) is 4.09. The highest BCUT2D eigenvalue weighted by Crippen LogP contribution is 2.21. The normalized spacial score (nSPS) is 10.4. The quantitative estimate of drug-likeness (QED) is 0.643. The topological polar surface area (TPSA) is 80.6 Å². The summed E-state index contributed by atoms with van der Waals surface area (Å²) in [5.74, 6) is 0.638. The fourth-order valence-electron chi connectivity index (χ4n) is 2.47. The molecule has 0 radical (unpaired) electrons. The second-order valence-electron chi connectivity index (χ2n) is 6.10. The van der Waals surface area contributed by atoms with Gasteiger partial charge in [0.15, 0.2) is 5.76 Å². The summed E-state index contributed by atoms with van der Waals surface area (Å²) in [6.45, 7) is 2.04. The predicted molar refractivity (Wildman–Crippen MR) is 107 cm³/mol. The zero-order chi connectivity index (χ0) is 20.1. The van der Waals surface area contributed by atoms with E-state index in [-0.39, 0.29) is 18.2 Å². The molecular formula is C21H19ClN2O4. The van der Waals surface area contributed by atoms with Crippen LogP contribution in [0.5, 0.6) is 5.75 Å². The third kappa shape index (κ3) is 4.72. The van der Waals surface area contributed by atoms with Gasteiger partial charge in [0.05, 0.1) is 13.7 Å². The first kappa shape index (κ1) is 19.5. The van der Waals surface area contributed by atoms with Gasteiger partial charge in [-0.3, -0.25) is 9.59 Å². The Morgan fingerprint density at radius 2 is 1.79 bits per heavy atom. The maximum absolute atomic E-state index is 12.3. The van der Waals surface area contributed by atoms with Crippen LogP contribution in [0.3, 0.4) is 0 Å². The zero-order valence-electron chi connectivity index (χ0n) is 15.4. The molecule has 0 spiro atoms. The fourth-order valence-corrected chi connectivity index (χ4v) is 2.65. The van der Waals surface area contributed by atoms with Crippen molar-refractivity contribution >= 4 is 29.1 Å². The molecule has 2 aromatic carbocycles. The highest BCUT2D eigenvalue weighted by atomic mass is 35.5. The van der Waals surface area contributed by atoms with Crippen LogP contribution in [0, 0.1) is 6.92 Å². The number of nitrogens with one attached hydrogen (secondary N) is 2. The first-order chi connectivity index (χ1) is 13.5. The number of rotatable bonds is 6. The predicted octanol–water partition coefficient (Wildman–Crippen LogP) is 4.43. The maximum Gasteiger partial charge on any atom is 0.291 e. The molecular weight excluding hydrogens is 380 g/mol. The molecule has 1 aromatic heterocycles. The number of aryl methyl sites for hydroxylation is 1. The van der Waals surface area contributed by atoms with Crippen LogP contribution in [0.1, 0.15) is 32.2 Å². The van der Waals surface area contributed by atoms with Crippen molar-refractivity contribution in [3.8, 4) is 5.75 Å². The fraction of sp³-hybridized carbons (Fsp3) is 0.143. The van der Waals surface area contributed by atoms with Crippen molar-refractivity contribution in [2.45, 2.75) is 13.5 Å². The van der Waals surface area contributed by atoms with Gasteiger partial charge in [-0.25, -0.2) is 0 Å². The van der Waals surface area contributed by atoms with E-state index in [0.29, 0.717) is 27.8 Å². The number of carbonyl (C=O) groups is 2. The van der Waals surface area contributed by atoms with Crippen molar-refractivity contribution in [2.75, 3.05) is 12.4 Å². The minimum atomic E-state index is -0.396. The van der Waals surface area contributed by atoms with Gasteiger partial charge >= 0.3 is 0 Å². The number of hydrogen-bond donors (Lipinski definition) is 2. The van der Waals surface area contributed by atoms with E-state index in [2.05, 4.69) is 10.6 Å². The first-order valence-corrected chi connectivity index (χ1v) is 8.92. The van der Waals surface area contributed by atoms with Crippen molar-refractivity contribution in [3.05, 3.63) is 82.3 Å². The zero-order valence-corrected chi connectivity index (χ0v) is 16.2. The lowest BCUT2D eigenvalue weighted by Crippen LogP contribution is -2.22. The SMILES string of the molecule is COc1ccc(C(=O)NCc2ccc(C(=O)Nc3ccc(C)c(Cl)c3)o2)cc1. The van der Waals surface area contributed by atoms with Gasteiger partial charge in [0.2, 0.25) is 0 Å².